The van der Waals surface area contributed by atoms with E-state index in [0.717, 1.165) is 27.7 Å². The van der Waals surface area contributed by atoms with Crippen LogP contribution in [-0.2, 0) is 14.3 Å². The summed E-state index contributed by atoms with van der Waals surface area (Å²) in [5, 5.41) is 3.37. The molecule has 2 heterocycles. The third-order valence-electron chi connectivity index (χ3n) is 6.37. The third-order valence-corrected chi connectivity index (χ3v) is 6.37. The van der Waals surface area contributed by atoms with Crippen LogP contribution in [0.5, 0.6) is 0 Å². The maximum Gasteiger partial charge on any atom is 0.338 e. The van der Waals surface area contributed by atoms with Crippen LogP contribution in [0.25, 0.3) is 22.2 Å². The maximum atomic E-state index is 13.0. The van der Waals surface area contributed by atoms with Gasteiger partial charge in [0, 0.05) is 13.1 Å². The van der Waals surface area contributed by atoms with Gasteiger partial charge in [0.25, 0.3) is 0 Å². The van der Waals surface area contributed by atoms with Gasteiger partial charge in [-0.1, -0.05) is 48.5 Å². The minimum Gasteiger partial charge on any atom is -0.468 e. The Kier molecular flexibility index (Phi) is 6.69. The highest BCUT2D eigenvalue weighted by molar-refractivity contribution is 5.90. The maximum absolute atomic E-state index is 13.0. The molecule has 0 unspecified atom stereocenters. The largest absolute Gasteiger partial charge is 0.468 e. The van der Waals surface area contributed by atoms with Gasteiger partial charge < -0.3 is 19.8 Å². The number of hydrogen-bond donors (Lipinski definition) is 2. The lowest BCUT2D eigenvalue weighted by Crippen LogP contribution is -2.36. The molecular weight excluding hydrogens is 456 g/mol. The highest BCUT2D eigenvalue weighted by atomic mass is 16.5. The topological polar surface area (TPSA) is 96.6 Å². The molecule has 0 amide bonds. The fraction of sp³-hybridized carbons (Fsp3) is 0.250. The van der Waals surface area contributed by atoms with Crippen LogP contribution >= 0.6 is 0 Å². The van der Waals surface area contributed by atoms with Crippen molar-refractivity contribution in [1.29, 1.82) is 0 Å². The average molecular weight is 485 g/mol. The molecule has 1 aliphatic rings. The molecule has 0 radical (unpaired) electrons. The number of likely N-dealkylation sites (tertiary alicyclic amines) is 1. The second-order valence-electron chi connectivity index (χ2n) is 9.01. The van der Waals surface area contributed by atoms with Crippen LogP contribution in [0.3, 0.4) is 0 Å². The molecule has 8 heteroatoms. The highest BCUT2D eigenvalue weighted by Gasteiger charge is 2.37. The number of methoxy groups -OCH3 is 1. The summed E-state index contributed by atoms with van der Waals surface area (Å²) >= 11 is 0. The minimum atomic E-state index is -0.481. The Morgan fingerprint density at radius 2 is 1.78 bits per heavy atom. The van der Waals surface area contributed by atoms with Crippen LogP contribution in [0.2, 0.25) is 0 Å². The van der Waals surface area contributed by atoms with Gasteiger partial charge in [0.2, 0.25) is 5.95 Å². The number of aromatic nitrogens is 2. The molecule has 0 bridgehead atoms. The van der Waals surface area contributed by atoms with E-state index in [-0.39, 0.29) is 18.6 Å². The van der Waals surface area contributed by atoms with Gasteiger partial charge in [-0.05, 0) is 47.9 Å². The molecule has 0 saturated carbocycles. The number of carbonyl (C=O) groups excluding carboxylic acids is 2. The molecule has 1 fully saturated rings. The van der Waals surface area contributed by atoms with E-state index in [0.29, 0.717) is 24.6 Å². The standard InChI is InChI=1S/C28H28N4O4/c1-18-8-13-22-23(14-18)30-28(29-22)31-24-15-32(17-26(33)35-2)16-25(24)36-27(34)21-11-9-20(10-12-21)19-6-4-3-5-7-19/h3-14,24-25H,15-17H2,1-2H3,(H2,29,30,31)/t24-,25-/m0/s1. The predicted molar refractivity (Wildman–Crippen MR) is 138 cm³/mol. The first-order valence-corrected chi connectivity index (χ1v) is 11.9. The van der Waals surface area contributed by atoms with E-state index in [9.17, 15) is 9.59 Å². The molecule has 2 atom stereocenters. The van der Waals surface area contributed by atoms with Crippen LogP contribution in [0.1, 0.15) is 15.9 Å². The number of nitrogens with one attached hydrogen (secondary N) is 2. The normalized spacial score (nSPS) is 17.7. The molecule has 8 nitrogen and oxygen atoms in total. The van der Waals surface area contributed by atoms with Gasteiger partial charge in [-0.15, -0.1) is 0 Å². The van der Waals surface area contributed by atoms with Crippen molar-refractivity contribution in [2.45, 2.75) is 19.1 Å². The second kappa shape index (κ2) is 10.2. The minimum absolute atomic E-state index is 0.119. The SMILES string of the molecule is COC(=O)CN1C[C@H](Nc2nc3ccc(C)cc3[nH]2)[C@@H](OC(=O)c2ccc(-c3ccccc3)cc2)C1. The Hall–Kier alpha value is -4.17. The number of ether oxygens (including phenoxy) is 2. The Balaban J connectivity index is 1.31. The molecule has 184 valence electrons. The number of fused-ring (bicyclic) bond motifs is 1. The number of esters is 2. The molecule has 2 N–H and O–H groups in total. The number of H-pyrrole nitrogens is 1. The molecular formula is C28H28N4O4. The number of hydrogen-bond acceptors (Lipinski definition) is 7. The zero-order chi connectivity index (χ0) is 25.1. The summed E-state index contributed by atoms with van der Waals surface area (Å²) in [5.41, 5.74) is 5.48. The summed E-state index contributed by atoms with van der Waals surface area (Å²) in [5.74, 6) is -0.156. The van der Waals surface area contributed by atoms with Crippen LogP contribution < -0.4 is 5.32 Å². The summed E-state index contributed by atoms with van der Waals surface area (Å²) in [4.78, 5) is 34.7. The number of aryl methyl sites for hydroxylation is 1. The van der Waals surface area contributed by atoms with Gasteiger partial charge in [0.1, 0.15) is 6.10 Å². The average Bonchev–Trinajstić information content (AvgIpc) is 3.46. The molecule has 4 aromatic rings. The molecule has 1 saturated heterocycles. The van der Waals surface area contributed by atoms with Crippen molar-refractivity contribution in [2.75, 3.05) is 32.1 Å². The fourth-order valence-corrected chi connectivity index (χ4v) is 4.49. The van der Waals surface area contributed by atoms with E-state index >= 15 is 0 Å². The number of imidazole rings is 1. The summed E-state index contributed by atoms with van der Waals surface area (Å²) in [6, 6.07) is 23.1. The van der Waals surface area contributed by atoms with E-state index in [1.807, 2.05) is 72.5 Å². The Labute approximate surface area is 209 Å². The van der Waals surface area contributed by atoms with E-state index < -0.39 is 12.1 Å². The van der Waals surface area contributed by atoms with Gasteiger partial charge in [-0.25, -0.2) is 9.78 Å². The quantitative estimate of drug-likeness (QED) is 0.382. The van der Waals surface area contributed by atoms with Crippen molar-refractivity contribution in [1.82, 2.24) is 14.9 Å². The van der Waals surface area contributed by atoms with E-state index in [4.69, 9.17) is 9.47 Å². The molecule has 0 aliphatic carbocycles. The second-order valence-corrected chi connectivity index (χ2v) is 9.01. The molecule has 5 rings (SSSR count). The molecule has 0 spiro atoms. The number of aromatic amines is 1. The van der Waals surface area contributed by atoms with Crippen molar-refractivity contribution >= 4 is 28.9 Å². The number of rotatable bonds is 7. The molecule has 3 aromatic carbocycles. The van der Waals surface area contributed by atoms with Crippen molar-refractivity contribution in [3.63, 3.8) is 0 Å². The van der Waals surface area contributed by atoms with Crippen LogP contribution in [0.4, 0.5) is 5.95 Å². The molecule has 36 heavy (non-hydrogen) atoms. The number of carbonyl (C=O) groups is 2. The lowest BCUT2D eigenvalue weighted by atomic mass is 10.0. The Bertz CT molecular complexity index is 1370. The number of anilines is 1. The van der Waals surface area contributed by atoms with Crippen molar-refractivity contribution in [3.8, 4) is 11.1 Å². The zero-order valence-corrected chi connectivity index (χ0v) is 20.2. The zero-order valence-electron chi connectivity index (χ0n) is 20.2. The molecule has 1 aliphatic heterocycles. The van der Waals surface area contributed by atoms with Gasteiger partial charge in [-0.2, -0.15) is 0 Å². The van der Waals surface area contributed by atoms with E-state index in [2.05, 4.69) is 15.3 Å². The lowest BCUT2D eigenvalue weighted by Gasteiger charge is -2.20. The third kappa shape index (κ3) is 5.23. The number of nitrogens with zero attached hydrogens (tertiary/aromatic N) is 2. The smallest absolute Gasteiger partial charge is 0.338 e. The van der Waals surface area contributed by atoms with Crippen LogP contribution in [0, 0.1) is 6.92 Å². The van der Waals surface area contributed by atoms with Gasteiger partial charge >= 0.3 is 11.9 Å². The van der Waals surface area contributed by atoms with Gasteiger partial charge in [0.15, 0.2) is 0 Å². The van der Waals surface area contributed by atoms with Crippen LogP contribution in [-0.4, -0.2) is 65.7 Å². The monoisotopic (exact) mass is 484 g/mol. The first-order valence-electron chi connectivity index (χ1n) is 11.9. The van der Waals surface area contributed by atoms with Gasteiger partial charge in [-0.3, -0.25) is 9.69 Å². The van der Waals surface area contributed by atoms with E-state index in [1.54, 1.807) is 12.1 Å². The van der Waals surface area contributed by atoms with Crippen LogP contribution in [0.15, 0.2) is 72.8 Å². The van der Waals surface area contributed by atoms with Gasteiger partial charge in [0.05, 0.1) is 36.3 Å². The summed E-state index contributed by atoms with van der Waals surface area (Å²) in [6.07, 6.45) is -0.481. The van der Waals surface area contributed by atoms with Crippen molar-refractivity contribution < 1.29 is 19.1 Å². The fourth-order valence-electron chi connectivity index (χ4n) is 4.49. The predicted octanol–water partition coefficient (Wildman–Crippen LogP) is 4.03. The summed E-state index contributed by atoms with van der Waals surface area (Å²) in [7, 11) is 1.36. The Morgan fingerprint density at radius 3 is 2.53 bits per heavy atom. The first-order chi connectivity index (χ1) is 17.5. The highest BCUT2D eigenvalue weighted by Crippen LogP contribution is 2.23. The van der Waals surface area contributed by atoms with E-state index in [1.165, 1.54) is 7.11 Å². The Morgan fingerprint density at radius 1 is 1.03 bits per heavy atom. The number of benzene rings is 3. The van der Waals surface area contributed by atoms with Crippen molar-refractivity contribution in [2.24, 2.45) is 0 Å². The van der Waals surface area contributed by atoms with Crippen molar-refractivity contribution in [3.05, 3.63) is 83.9 Å². The summed E-state index contributed by atoms with van der Waals surface area (Å²) in [6.45, 7) is 3.04. The lowest BCUT2D eigenvalue weighted by molar-refractivity contribution is -0.141. The summed E-state index contributed by atoms with van der Waals surface area (Å²) < 4.78 is 10.8. The first kappa shape index (κ1) is 23.6. The molecule has 1 aromatic heterocycles.